The minimum atomic E-state index is 0.0379. The molecule has 216 valence electrons. The zero-order valence-electron chi connectivity index (χ0n) is 24.3. The third-order valence-electron chi connectivity index (χ3n) is 7.17. The van der Waals surface area contributed by atoms with E-state index in [4.69, 9.17) is 16.9 Å². The highest BCUT2D eigenvalue weighted by molar-refractivity contribution is 6.30. The van der Waals surface area contributed by atoms with Gasteiger partial charge in [0.25, 0.3) is 0 Å². The van der Waals surface area contributed by atoms with Crippen LogP contribution in [0.3, 0.4) is 0 Å². The van der Waals surface area contributed by atoms with E-state index in [-0.39, 0.29) is 12.5 Å². The number of rotatable bonds is 10. The smallest absolute Gasteiger partial charge is 0.224 e. The fourth-order valence-electron chi connectivity index (χ4n) is 4.67. The van der Waals surface area contributed by atoms with E-state index >= 15 is 0 Å². The molecule has 7 nitrogen and oxygen atoms in total. The maximum atomic E-state index is 12.7. The molecule has 0 spiro atoms. The van der Waals surface area contributed by atoms with Crippen LogP contribution in [0.4, 0.5) is 5.69 Å². The lowest BCUT2D eigenvalue weighted by Gasteiger charge is -2.32. The monoisotopic (exact) mass is 573 g/mol. The van der Waals surface area contributed by atoms with Gasteiger partial charge in [-0.25, -0.2) is 0 Å². The van der Waals surface area contributed by atoms with Crippen molar-refractivity contribution in [1.29, 1.82) is 5.26 Å². The summed E-state index contributed by atoms with van der Waals surface area (Å²) < 4.78 is 0. The molecular weight excluding hydrogens is 534 g/mol. The molecule has 1 heterocycles. The molecule has 0 bridgehead atoms. The van der Waals surface area contributed by atoms with Crippen LogP contribution in [0.15, 0.2) is 66.7 Å². The Morgan fingerprint density at radius 3 is 2.41 bits per heavy atom. The van der Waals surface area contributed by atoms with Crippen molar-refractivity contribution in [2.24, 2.45) is 0 Å². The summed E-state index contributed by atoms with van der Waals surface area (Å²) in [5, 5.41) is 12.9. The second kappa shape index (κ2) is 16.5. The number of carbonyl (C=O) groups excluding carboxylic acids is 2. The number of nitrogens with one attached hydrogen (secondary N) is 1. The van der Waals surface area contributed by atoms with Gasteiger partial charge in [0.1, 0.15) is 6.29 Å². The van der Waals surface area contributed by atoms with Crippen LogP contribution in [0.5, 0.6) is 0 Å². The Bertz CT molecular complexity index is 1290. The largest absolute Gasteiger partial charge is 0.388 e. The van der Waals surface area contributed by atoms with E-state index in [1.807, 2.05) is 74.6 Å². The van der Waals surface area contributed by atoms with Gasteiger partial charge in [0.2, 0.25) is 5.91 Å². The van der Waals surface area contributed by atoms with Gasteiger partial charge in [-0.3, -0.25) is 4.79 Å². The Balaban J connectivity index is 0.000000389. The van der Waals surface area contributed by atoms with Crippen LogP contribution in [0.25, 0.3) is 11.1 Å². The lowest BCUT2D eigenvalue weighted by atomic mass is 10.0. The summed E-state index contributed by atoms with van der Waals surface area (Å²) in [4.78, 5) is 30.0. The Hall–Kier alpha value is -3.70. The van der Waals surface area contributed by atoms with Crippen molar-refractivity contribution in [3.8, 4) is 17.2 Å². The third kappa shape index (κ3) is 10.7. The first-order valence-corrected chi connectivity index (χ1v) is 14.4. The number of carbonyl (C=O) groups is 2. The van der Waals surface area contributed by atoms with Gasteiger partial charge in [-0.05, 0) is 73.0 Å². The zero-order chi connectivity index (χ0) is 29.6. The number of halogens is 1. The second-order valence-corrected chi connectivity index (χ2v) is 10.7. The van der Waals surface area contributed by atoms with E-state index in [2.05, 4.69) is 28.2 Å². The molecule has 1 fully saturated rings. The molecular formula is C33H40ClN5O2. The molecule has 1 saturated heterocycles. The number of nitriles is 1. The van der Waals surface area contributed by atoms with Crippen LogP contribution in [0.1, 0.15) is 23.1 Å². The summed E-state index contributed by atoms with van der Waals surface area (Å²) in [5.41, 5.74) is 6.05. The van der Waals surface area contributed by atoms with Crippen molar-refractivity contribution in [1.82, 2.24) is 14.7 Å². The highest BCUT2D eigenvalue weighted by Crippen LogP contribution is 2.21. The van der Waals surface area contributed by atoms with Gasteiger partial charge >= 0.3 is 0 Å². The van der Waals surface area contributed by atoms with Gasteiger partial charge in [0.05, 0.1) is 18.2 Å². The Morgan fingerprint density at radius 1 is 1.05 bits per heavy atom. The van der Waals surface area contributed by atoms with Crippen LogP contribution in [-0.2, 0) is 16.0 Å². The van der Waals surface area contributed by atoms with Crippen LogP contribution in [-0.4, -0.2) is 86.8 Å². The SMILES string of the molecule is CN1CCN(CCC(=O)N(CC=O)CCc2ccc(-c3cccc(C#N)c3)cc2)CC1.CNc1cc(C)cc(Cl)c1. The van der Waals surface area contributed by atoms with E-state index in [1.165, 1.54) is 5.56 Å². The van der Waals surface area contributed by atoms with Crippen molar-refractivity contribution >= 4 is 29.5 Å². The summed E-state index contributed by atoms with van der Waals surface area (Å²) in [5.74, 6) is 0.0379. The first-order chi connectivity index (χ1) is 19.8. The summed E-state index contributed by atoms with van der Waals surface area (Å²) in [7, 11) is 4.00. The number of aryl methyl sites for hydroxylation is 1. The van der Waals surface area contributed by atoms with Crippen LogP contribution >= 0.6 is 11.6 Å². The van der Waals surface area contributed by atoms with Gasteiger partial charge in [-0.1, -0.05) is 48.0 Å². The van der Waals surface area contributed by atoms with E-state index in [0.29, 0.717) is 24.9 Å². The maximum Gasteiger partial charge on any atom is 0.224 e. The minimum Gasteiger partial charge on any atom is -0.388 e. The van der Waals surface area contributed by atoms with Gasteiger partial charge in [-0.2, -0.15) is 5.26 Å². The van der Waals surface area contributed by atoms with E-state index in [0.717, 1.165) is 66.4 Å². The zero-order valence-corrected chi connectivity index (χ0v) is 25.0. The number of amides is 1. The molecule has 0 saturated carbocycles. The number of piperazine rings is 1. The summed E-state index contributed by atoms with van der Waals surface area (Å²) in [6.45, 7) is 7.48. The van der Waals surface area contributed by atoms with Crippen LogP contribution in [0, 0.1) is 18.3 Å². The molecule has 0 radical (unpaired) electrons. The van der Waals surface area contributed by atoms with Gasteiger partial charge < -0.3 is 24.8 Å². The molecule has 0 atom stereocenters. The van der Waals surface area contributed by atoms with E-state index < -0.39 is 0 Å². The van der Waals surface area contributed by atoms with Crippen molar-refractivity contribution in [2.45, 2.75) is 19.8 Å². The lowest BCUT2D eigenvalue weighted by Crippen LogP contribution is -2.46. The lowest BCUT2D eigenvalue weighted by molar-refractivity contribution is -0.133. The van der Waals surface area contributed by atoms with Gasteiger partial charge in [0.15, 0.2) is 0 Å². The highest BCUT2D eigenvalue weighted by Gasteiger charge is 2.18. The first kappa shape index (κ1) is 31.8. The predicted molar refractivity (Wildman–Crippen MR) is 167 cm³/mol. The number of likely N-dealkylation sites (N-methyl/N-ethyl adjacent to an activating group) is 1. The number of benzene rings is 3. The minimum absolute atomic E-state index is 0.0379. The Kier molecular flexibility index (Phi) is 12.8. The average Bonchev–Trinajstić information content (AvgIpc) is 2.99. The standard InChI is InChI=1S/C25H30N4O2.C8H10ClN/c1-27-13-15-28(16-14-27)11-10-25(31)29(17-18-30)12-9-21-5-7-23(8-6-21)24-4-2-3-22(19-24)20-26;1-6-3-7(9)5-8(4-6)10-2/h2-8,18-19H,9-17H2,1H3;3-5,10H,1-2H3. The van der Waals surface area contributed by atoms with E-state index in [1.54, 1.807) is 11.0 Å². The first-order valence-electron chi connectivity index (χ1n) is 14.0. The van der Waals surface area contributed by atoms with Crippen molar-refractivity contribution in [3.63, 3.8) is 0 Å². The van der Waals surface area contributed by atoms with Crippen molar-refractivity contribution < 1.29 is 9.59 Å². The molecule has 41 heavy (non-hydrogen) atoms. The summed E-state index contributed by atoms with van der Waals surface area (Å²) >= 11 is 5.79. The van der Waals surface area contributed by atoms with E-state index in [9.17, 15) is 9.59 Å². The second-order valence-electron chi connectivity index (χ2n) is 10.3. The molecule has 4 rings (SSSR count). The van der Waals surface area contributed by atoms with Gasteiger partial charge in [-0.15, -0.1) is 0 Å². The Morgan fingerprint density at radius 2 is 1.78 bits per heavy atom. The molecule has 3 aromatic carbocycles. The maximum absolute atomic E-state index is 12.7. The summed E-state index contributed by atoms with van der Waals surface area (Å²) in [6, 6.07) is 23.7. The fraction of sp³-hybridized carbons (Fsp3) is 0.364. The van der Waals surface area contributed by atoms with Crippen molar-refractivity contribution in [3.05, 3.63) is 88.4 Å². The molecule has 0 aromatic heterocycles. The number of hydrogen-bond donors (Lipinski definition) is 1. The molecule has 1 aliphatic rings. The molecule has 3 aromatic rings. The highest BCUT2D eigenvalue weighted by atomic mass is 35.5. The molecule has 0 unspecified atom stereocenters. The number of aldehydes is 1. The summed E-state index contributed by atoms with van der Waals surface area (Å²) in [6.07, 6.45) is 1.96. The van der Waals surface area contributed by atoms with Crippen LogP contribution in [0.2, 0.25) is 5.02 Å². The number of nitrogens with zero attached hydrogens (tertiary/aromatic N) is 4. The molecule has 0 aliphatic carbocycles. The normalized spacial score (nSPS) is 13.4. The molecule has 1 N–H and O–H groups in total. The van der Waals surface area contributed by atoms with Crippen LogP contribution < -0.4 is 5.32 Å². The fourth-order valence-corrected chi connectivity index (χ4v) is 4.96. The quantitative estimate of drug-likeness (QED) is 0.339. The third-order valence-corrected chi connectivity index (χ3v) is 7.38. The van der Waals surface area contributed by atoms with Gasteiger partial charge in [0, 0.05) is 63.4 Å². The number of hydrogen-bond acceptors (Lipinski definition) is 6. The van der Waals surface area contributed by atoms with Crippen molar-refractivity contribution in [2.75, 3.05) is 65.2 Å². The molecule has 1 aliphatic heterocycles. The molecule has 1 amide bonds. The average molecular weight is 574 g/mol. The topological polar surface area (TPSA) is 79.7 Å². The Labute approximate surface area is 249 Å². The number of anilines is 1. The predicted octanol–water partition coefficient (Wildman–Crippen LogP) is 5.12. The molecule has 8 heteroatoms.